The average Bonchev–Trinajstić information content (AvgIpc) is 1.88. The Morgan fingerprint density at radius 3 is 2.70 bits per heavy atom. The van der Waals surface area contributed by atoms with E-state index >= 15 is 0 Å². The molecule has 0 unspecified atom stereocenters. The standard InChI is InChI=1S/C8H12O2/c1-3-4-5-6-7(2)8(9)10/h3-4H,2,5-6H2,1H3,(H,9,10). The second-order valence-corrected chi connectivity index (χ2v) is 2.02. The largest absolute Gasteiger partial charge is 0.478 e. The third-order valence-corrected chi connectivity index (χ3v) is 1.15. The van der Waals surface area contributed by atoms with E-state index in [2.05, 4.69) is 6.58 Å². The molecule has 0 saturated carbocycles. The van der Waals surface area contributed by atoms with Crippen LogP contribution < -0.4 is 0 Å². The molecule has 0 aromatic heterocycles. The van der Waals surface area contributed by atoms with E-state index in [1.807, 2.05) is 19.1 Å². The summed E-state index contributed by atoms with van der Waals surface area (Å²) >= 11 is 0. The predicted molar refractivity (Wildman–Crippen MR) is 40.8 cm³/mol. The molecule has 0 aliphatic heterocycles. The maximum atomic E-state index is 10.2. The van der Waals surface area contributed by atoms with Crippen LogP contribution in [0.1, 0.15) is 19.8 Å². The number of carbonyl (C=O) groups is 1. The minimum Gasteiger partial charge on any atom is -0.478 e. The van der Waals surface area contributed by atoms with E-state index in [1.54, 1.807) is 0 Å². The number of aliphatic carboxylic acids is 1. The Bertz CT molecular complexity index is 157. The molecule has 0 heterocycles. The molecule has 2 heteroatoms. The normalized spacial score (nSPS) is 10.1. The molecule has 56 valence electrons. The van der Waals surface area contributed by atoms with Crippen LogP contribution >= 0.6 is 0 Å². The van der Waals surface area contributed by atoms with Crippen LogP contribution in [-0.2, 0) is 4.79 Å². The van der Waals surface area contributed by atoms with E-state index in [4.69, 9.17) is 5.11 Å². The fraction of sp³-hybridized carbons (Fsp3) is 0.375. The summed E-state index contributed by atoms with van der Waals surface area (Å²) in [6, 6.07) is 0. The third kappa shape index (κ3) is 3.89. The quantitative estimate of drug-likeness (QED) is 0.479. The Hall–Kier alpha value is -1.05. The van der Waals surface area contributed by atoms with Crippen molar-refractivity contribution in [2.45, 2.75) is 19.8 Å². The second-order valence-electron chi connectivity index (χ2n) is 2.02. The summed E-state index contributed by atoms with van der Waals surface area (Å²) in [5.41, 5.74) is 0.276. The van der Waals surface area contributed by atoms with Gasteiger partial charge in [-0.2, -0.15) is 0 Å². The second kappa shape index (κ2) is 4.79. The minimum absolute atomic E-state index is 0.276. The Morgan fingerprint density at radius 1 is 1.70 bits per heavy atom. The molecule has 0 atom stereocenters. The fourth-order valence-corrected chi connectivity index (χ4v) is 0.531. The van der Waals surface area contributed by atoms with Crippen LogP contribution in [0.15, 0.2) is 24.3 Å². The molecule has 0 radical (unpaired) electrons. The molecule has 0 bridgehead atoms. The highest BCUT2D eigenvalue weighted by Gasteiger charge is 2.00. The number of carboxylic acid groups (broad SMARTS) is 1. The molecule has 10 heavy (non-hydrogen) atoms. The van der Waals surface area contributed by atoms with Crippen LogP contribution in [0.2, 0.25) is 0 Å². The third-order valence-electron chi connectivity index (χ3n) is 1.15. The average molecular weight is 140 g/mol. The van der Waals surface area contributed by atoms with Gasteiger partial charge >= 0.3 is 5.97 Å². The highest BCUT2D eigenvalue weighted by molar-refractivity contribution is 5.85. The molecule has 0 amide bonds. The zero-order valence-electron chi connectivity index (χ0n) is 6.13. The number of carboxylic acids is 1. The van der Waals surface area contributed by atoms with Gasteiger partial charge in [0.25, 0.3) is 0 Å². The first-order valence-corrected chi connectivity index (χ1v) is 3.20. The molecule has 0 aliphatic rings. The number of hydrogen-bond acceptors (Lipinski definition) is 1. The van der Waals surface area contributed by atoms with Gasteiger partial charge in [-0.25, -0.2) is 4.79 Å². The summed E-state index contributed by atoms with van der Waals surface area (Å²) < 4.78 is 0. The van der Waals surface area contributed by atoms with Crippen molar-refractivity contribution in [2.75, 3.05) is 0 Å². The number of rotatable bonds is 4. The molecule has 0 aromatic rings. The highest BCUT2D eigenvalue weighted by atomic mass is 16.4. The van der Waals surface area contributed by atoms with Crippen LogP contribution in [0.5, 0.6) is 0 Å². The Labute approximate surface area is 60.9 Å². The lowest BCUT2D eigenvalue weighted by Crippen LogP contribution is -1.97. The topological polar surface area (TPSA) is 37.3 Å². The van der Waals surface area contributed by atoms with Gasteiger partial charge in [-0.05, 0) is 19.8 Å². The Morgan fingerprint density at radius 2 is 2.30 bits per heavy atom. The molecule has 0 fully saturated rings. The first-order valence-electron chi connectivity index (χ1n) is 3.20. The monoisotopic (exact) mass is 140 g/mol. The lowest BCUT2D eigenvalue weighted by atomic mass is 10.1. The van der Waals surface area contributed by atoms with Crippen molar-refractivity contribution in [3.63, 3.8) is 0 Å². The maximum Gasteiger partial charge on any atom is 0.330 e. The minimum atomic E-state index is -0.899. The van der Waals surface area contributed by atoms with Gasteiger partial charge in [-0.3, -0.25) is 0 Å². The lowest BCUT2D eigenvalue weighted by molar-refractivity contribution is -0.132. The van der Waals surface area contributed by atoms with E-state index in [0.29, 0.717) is 6.42 Å². The van der Waals surface area contributed by atoms with E-state index in [1.165, 1.54) is 0 Å². The van der Waals surface area contributed by atoms with Crippen molar-refractivity contribution < 1.29 is 9.90 Å². The van der Waals surface area contributed by atoms with Crippen molar-refractivity contribution in [3.8, 4) is 0 Å². The summed E-state index contributed by atoms with van der Waals surface area (Å²) in [5, 5.41) is 8.36. The van der Waals surface area contributed by atoms with Gasteiger partial charge in [-0.1, -0.05) is 18.7 Å². The predicted octanol–water partition coefficient (Wildman–Crippen LogP) is 1.98. The molecular formula is C8H12O2. The number of hydrogen-bond donors (Lipinski definition) is 1. The zero-order valence-corrected chi connectivity index (χ0v) is 6.13. The highest BCUT2D eigenvalue weighted by Crippen LogP contribution is 2.02. The first-order chi connectivity index (χ1) is 4.68. The van der Waals surface area contributed by atoms with Crippen molar-refractivity contribution in [2.24, 2.45) is 0 Å². The smallest absolute Gasteiger partial charge is 0.330 e. The van der Waals surface area contributed by atoms with Gasteiger partial charge < -0.3 is 5.11 Å². The van der Waals surface area contributed by atoms with Gasteiger partial charge in [0.1, 0.15) is 0 Å². The van der Waals surface area contributed by atoms with Gasteiger partial charge in [0.2, 0.25) is 0 Å². The molecule has 0 spiro atoms. The van der Waals surface area contributed by atoms with Crippen LogP contribution in [0.4, 0.5) is 0 Å². The van der Waals surface area contributed by atoms with Crippen molar-refractivity contribution in [1.82, 2.24) is 0 Å². The van der Waals surface area contributed by atoms with Gasteiger partial charge in [0, 0.05) is 5.57 Å². The first kappa shape index (κ1) is 8.95. The lowest BCUT2D eigenvalue weighted by Gasteiger charge is -1.93. The molecule has 2 nitrogen and oxygen atoms in total. The molecule has 1 N–H and O–H groups in total. The fourth-order valence-electron chi connectivity index (χ4n) is 0.531. The van der Waals surface area contributed by atoms with Crippen molar-refractivity contribution in [3.05, 3.63) is 24.3 Å². The molecule has 0 saturated heterocycles. The summed E-state index contributed by atoms with van der Waals surface area (Å²) in [6.07, 6.45) is 5.13. The molecular weight excluding hydrogens is 128 g/mol. The SMILES string of the molecule is C=C(CCC=CC)C(=O)O. The van der Waals surface area contributed by atoms with Crippen LogP contribution in [-0.4, -0.2) is 11.1 Å². The Kier molecular flexibility index (Phi) is 4.29. The summed E-state index contributed by atoms with van der Waals surface area (Å²) in [5.74, 6) is -0.899. The van der Waals surface area contributed by atoms with Crippen molar-refractivity contribution in [1.29, 1.82) is 0 Å². The molecule has 0 aromatic carbocycles. The van der Waals surface area contributed by atoms with Gasteiger partial charge in [0.15, 0.2) is 0 Å². The maximum absolute atomic E-state index is 10.2. The number of allylic oxidation sites excluding steroid dienone is 2. The van der Waals surface area contributed by atoms with Gasteiger partial charge in [-0.15, -0.1) is 0 Å². The van der Waals surface area contributed by atoms with Crippen LogP contribution in [0.3, 0.4) is 0 Å². The van der Waals surface area contributed by atoms with E-state index < -0.39 is 5.97 Å². The van der Waals surface area contributed by atoms with Crippen molar-refractivity contribution >= 4 is 5.97 Å². The van der Waals surface area contributed by atoms with Crippen LogP contribution in [0, 0.1) is 0 Å². The van der Waals surface area contributed by atoms with Crippen LogP contribution in [0.25, 0.3) is 0 Å². The zero-order chi connectivity index (χ0) is 7.98. The van der Waals surface area contributed by atoms with E-state index in [9.17, 15) is 4.79 Å². The summed E-state index contributed by atoms with van der Waals surface area (Å²) in [4.78, 5) is 10.2. The summed E-state index contributed by atoms with van der Waals surface area (Å²) in [6.45, 7) is 5.30. The molecule has 0 aliphatic carbocycles. The van der Waals surface area contributed by atoms with E-state index in [-0.39, 0.29) is 5.57 Å². The Balaban J connectivity index is 3.50. The van der Waals surface area contributed by atoms with E-state index in [0.717, 1.165) is 6.42 Å². The van der Waals surface area contributed by atoms with Gasteiger partial charge in [0.05, 0.1) is 0 Å². The summed E-state index contributed by atoms with van der Waals surface area (Å²) in [7, 11) is 0. The molecule has 0 rings (SSSR count).